The molecule has 0 saturated heterocycles. The number of alkyl halides is 11. The lowest BCUT2D eigenvalue weighted by molar-refractivity contribution is -0.428. The molecule has 1 N–H and O–H groups in total. The monoisotopic (exact) mass is 412 g/mol. The van der Waals surface area contributed by atoms with Crippen LogP contribution in [0.2, 0.25) is 0 Å². The van der Waals surface area contributed by atoms with Gasteiger partial charge in [0.15, 0.2) is 0 Å². The van der Waals surface area contributed by atoms with Gasteiger partial charge in [-0.3, -0.25) is 0 Å². The molecule has 0 aromatic heterocycles. The molecule has 0 aromatic carbocycles. The lowest BCUT2D eigenvalue weighted by Crippen LogP contribution is -2.70. The van der Waals surface area contributed by atoms with Crippen LogP contribution in [0.4, 0.5) is 48.3 Å². The van der Waals surface area contributed by atoms with E-state index in [-0.39, 0.29) is 5.57 Å². The minimum absolute atomic E-state index is 0.341. The van der Waals surface area contributed by atoms with E-state index >= 15 is 0 Å². The molecule has 0 rings (SSSR count). The van der Waals surface area contributed by atoms with Gasteiger partial charge >= 0.3 is 35.8 Å². The van der Waals surface area contributed by atoms with Gasteiger partial charge < -0.3 is 9.84 Å². The number of aliphatic hydroxyl groups excluding tert-OH is 1. The van der Waals surface area contributed by atoms with Gasteiger partial charge in [-0.25, -0.2) is 9.18 Å². The van der Waals surface area contributed by atoms with Gasteiger partial charge in [0, 0.05) is 12.0 Å². The predicted octanol–water partition coefficient (Wildman–Crippen LogP) is 3.96. The van der Waals surface area contributed by atoms with Gasteiger partial charge in [-0.2, -0.15) is 43.9 Å². The molecule has 0 amide bonds. The van der Waals surface area contributed by atoms with Crippen LogP contribution < -0.4 is 0 Å². The van der Waals surface area contributed by atoms with E-state index in [0.29, 0.717) is 0 Å². The van der Waals surface area contributed by atoms with Crippen molar-refractivity contribution in [1.82, 2.24) is 0 Å². The summed E-state index contributed by atoms with van der Waals surface area (Å²) in [4.78, 5) is 10.9. The highest BCUT2D eigenvalue weighted by molar-refractivity contribution is 5.86. The Morgan fingerprint density at radius 2 is 1.35 bits per heavy atom. The van der Waals surface area contributed by atoms with E-state index in [1.807, 2.05) is 0 Å². The van der Waals surface area contributed by atoms with Crippen molar-refractivity contribution in [2.45, 2.75) is 49.3 Å². The summed E-state index contributed by atoms with van der Waals surface area (Å²) in [7, 11) is 0. The summed E-state index contributed by atoms with van der Waals surface area (Å²) in [5.41, 5.74) is -7.93. The minimum Gasteiger partial charge on any atom is -0.460 e. The highest BCUT2D eigenvalue weighted by Gasteiger charge is 2.89. The summed E-state index contributed by atoms with van der Waals surface area (Å²) in [6, 6.07) is 0. The summed E-state index contributed by atoms with van der Waals surface area (Å²) in [6.45, 7) is 2.56. The average Bonchev–Trinajstić information content (AvgIpc) is 2.40. The number of hydrogen-bond donors (Lipinski definition) is 1. The Labute approximate surface area is 138 Å². The SMILES string of the molecule is C=C(C)C(=O)OCC(O)CC(F)(F)C(F)(F)C(F)(C(F)(F)F)C(F)(F)F. The van der Waals surface area contributed by atoms with Crippen molar-refractivity contribution in [2.75, 3.05) is 6.61 Å². The number of carbonyl (C=O) groups excluding carboxylic acids is 1. The molecule has 0 radical (unpaired) electrons. The number of carbonyl (C=O) groups is 1. The molecule has 0 fully saturated rings. The molecule has 14 heteroatoms. The van der Waals surface area contributed by atoms with Crippen molar-refractivity contribution in [3.8, 4) is 0 Å². The summed E-state index contributed by atoms with van der Waals surface area (Å²) in [5, 5.41) is 9.04. The van der Waals surface area contributed by atoms with Crippen LogP contribution in [0.3, 0.4) is 0 Å². The molecule has 0 aromatic rings. The molecule has 0 bridgehead atoms. The molecule has 0 saturated carbocycles. The Kier molecular flexibility index (Phi) is 6.75. The third-order valence-corrected chi connectivity index (χ3v) is 2.92. The second-order valence-corrected chi connectivity index (χ2v) is 5.17. The van der Waals surface area contributed by atoms with Gasteiger partial charge in [0.25, 0.3) is 0 Å². The first kappa shape index (κ1) is 24.4. The third-order valence-electron chi connectivity index (χ3n) is 2.92. The predicted molar refractivity (Wildman–Crippen MR) is 62.2 cm³/mol. The fraction of sp³-hybridized carbons (Fsp3) is 0.750. The van der Waals surface area contributed by atoms with Crippen LogP contribution in [0.5, 0.6) is 0 Å². The summed E-state index contributed by atoms with van der Waals surface area (Å²) in [6.07, 6.45) is -20.5. The highest BCUT2D eigenvalue weighted by Crippen LogP contribution is 2.59. The molecule has 0 spiro atoms. The molecule has 0 aliphatic heterocycles. The van der Waals surface area contributed by atoms with Crippen molar-refractivity contribution in [3.05, 3.63) is 12.2 Å². The van der Waals surface area contributed by atoms with Crippen LogP contribution in [-0.2, 0) is 9.53 Å². The van der Waals surface area contributed by atoms with Crippen molar-refractivity contribution >= 4 is 5.97 Å². The van der Waals surface area contributed by atoms with Crippen molar-refractivity contribution < 1.29 is 62.9 Å². The Hall–Kier alpha value is -1.60. The van der Waals surface area contributed by atoms with E-state index in [2.05, 4.69) is 11.3 Å². The number of esters is 1. The Bertz CT molecular complexity index is 522. The zero-order valence-electron chi connectivity index (χ0n) is 12.6. The van der Waals surface area contributed by atoms with E-state index in [1.54, 1.807) is 0 Å². The first-order chi connectivity index (χ1) is 11.2. The van der Waals surface area contributed by atoms with Crippen molar-refractivity contribution in [2.24, 2.45) is 0 Å². The Balaban J connectivity index is 5.65. The smallest absolute Gasteiger partial charge is 0.438 e. The largest absolute Gasteiger partial charge is 0.460 e. The fourth-order valence-corrected chi connectivity index (χ4v) is 1.55. The van der Waals surface area contributed by atoms with Crippen LogP contribution in [0, 0.1) is 0 Å². The molecule has 3 nitrogen and oxygen atoms in total. The first-order valence-electron chi connectivity index (χ1n) is 6.31. The molecule has 1 atom stereocenters. The normalized spacial score (nSPS) is 15.6. The molecule has 154 valence electrons. The molecule has 0 aliphatic rings. The second-order valence-electron chi connectivity index (χ2n) is 5.17. The lowest BCUT2D eigenvalue weighted by atomic mass is 9.88. The van der Waals surface area contributed by atoms with Gasteiger partial charge in [0.2, 0.25) is 0 Å². The number of ether oxygens (including phenoxy) is 1. The molecular formula is C12H11F11O3. The standard InChI is InChI=1S/C12H11F11O3/c1-5(2)7(25)26-4-6(24)3-8(13,14)10(16,17)9(15,11(18,19)20)12(21,22)23/h6,24H,1,3-4H2,2H3. The average molecular weight is 412 g/mol. The van der Waals surface area contributed by atoms with Gasteiger partial charge in [-0.15, -0.1) is 0 Å². The first-order valence-corrected chi connectivity index (χ1v) is 6.31. The zero-order valence-corrected chi connectivity index (χ0v) is 12.6. The Morgan fingerprint density at radius 1 is 0.962 bits per heavy atom. The van der Waals surface area contributed by atoms with Gasteiger partial charge in [0.1, 0.15) is 6.61 Å². The van der Waals surface area contributed by atoms with Gasteiger partial charge in [-0.05, 0) is 6.92 Å². The molecule has 0 heterocycles. The van der Waals surface area contributed by atoms with Crippen molar-refractivity contribution in [1.29, 1.82) is 0 Å². The van der Waals surface area contributed by atoms with Crippen molar-refractivity contribution in [3.63, 3.8) is 0 Å². The van der Waals surface area contributed by atoms with E-state index in [4.69, 9.17) is 5.11 Å². The molecule has 1 unspecified atom stereocenters. The maximum Gasteiger partial charge on any atom is 0.438 e. The highest BCUT2D eigenvalue weighted by atomic mass is 19.4. The summed E-state index contributed by atoms with van der Waals surface area (Å²) < 4.78 is 144. The van der Waals surface area contributed by atoms with E-state index < -0.39 is 55.0 Å². The third kappa shape index (κ3) is 4.38. The fourth-order valence-electron chi connectivity index (χ4n) is 1.55. The van der Waals surface area contributed by atoms with Crippen LogP contribution in [0.15, 0.2) is 12.2 Å². The zero-order chi connectivity index (χ0) is 21.4. The maximum atomic E-state index is 13.4. The number of aliphatic hydroxyl groups is 1. The van der Waals surface area contributed by atoms with Gasteiger partial charge in [0.05, 0.1) is 6.10 Å². The summed E-state index contributed by atoms with van der Waals surface area (Å²) >= 11 is 0. The molecule has 0 aliphatic carbocycles. The second kappa shape index (κ2) is 7.19. The van der Waals surface area contributed by atoms with E-state index in [9.17, 15) is 53.1 Å². The van der Waals surface area contributed by atoms with Gasteiger partial charge in [-0.1, -0.05) is 6.58 Å². The van der Waals surface area contributed by atoms with E-state index in [0.717, 1.165) is 6.92 Å². The maximum absolute atomic E-state index is 13.4. The number of rotatable bonds is 7. The van der Waals surface area contributed by atoms with Crippen LogP contribution in [0.1, 0.15) is 13.3 Å². The Morgan fingerprint density at radius 3 is 1.65 bits per heavy atom. The molecule has 26 heavy (non-hydrogen) atoms. The number of hydrogen-bond acceptors (Lipinski definition) is 3. The molecular weight excluding hydrogens is 401 g/mol. The quantitative estimate of drug-likeness (QED) is 0.391. The van der Waals surface area contributed by atoms with E-state index in [1.165, 1.54) is 0 Å². The van der Waals surface area contributed by atoms with Crippen LogP contribution in [-0.4, -0.2) is 53.7 Å². The van der Waals surface area contributed by atoms with Crippen LogP contribution >= 0.6 is 0 Å². The van der Waals surface area contributed by atoms with Crippen LogP contribution in [0.25, 0.3) is 0 Å². The number of halogens is 11. The topological polar surface area (TPSA) is 46.5 Å². The minimum atomic E-state index is -7.59. The lowest BCUT2D eigenvalue weighted by Gasteiger charge is -2.40. The summed E-state index contributed by atoms with van der Waals surface area (Å²) in [5.74, 6) is -15.0.